The predicted octanol–water partition coefficient (Wildman–Crippen LogP) is 3.82. The normalized spacial score (nSPS) is 21.7. The van der Waals surface area contributed by atoms with Gasteiger partial charge in [-0.25, -0.2) is 0 Å². The fraction of sp³-hybridized carbons (Fsp3) is 0.385. The van der Waals surface area contributed by atoms with E-state index in [0.29, 0.717) is 5.92 Å². The lowest BCUT2D eigenvalue weighted by molar-refractivity contribution is 0.766. The fourth-order valence-corrected chi connectivity index (χ4v) is 2.23. The van der Waals surface area contributed by atoms with Gasteiger partial charge in [0.05, 0.1) is 0 Å². The lowest BCUT2D eigenvalue weighted by atomic mass is 9.90. The first-order valence-electron chi connectivity index (χ1n) is 5.01. The van der Waals surface area contributed by atoms with Gasteiger partial charge in [0, 0.05) is 5.92 Å². The summed E-state index contributed by atoms with van der Waals surface area (Å²) in [7, 11) is 0. The third-order valence-corrected chi connectivity index (χ3v) is 3.04. The molecule has 0 heterocycles. The van der Waals surface area contributed by atoms with Crippen molar-refractivity contribution in [2.24, 2.45) is 0 Å². The quantitative estimate of drug-likeness (QED) is 0.565. The molecule has 0 heteroatoms. The summed E-state index contributed by atoms with van der Waals surface area (Å²) in [6, 6.07) is 8.74. The summed E-state index contributed by atoms with van der Waals surface area (Å²) in [5.41, 5.74) is 4.50. The second-order valence-electron chi connectivity index (χ2n) is 3.93. The van der Waals surface area contributed by atoms with Crippen LogP contribution in [0.15, 0.2) is 35.9 Å². The van der Waals surface area contributed by atoms with Crippen LogP contribution in [0.3, 0.4) is 0 Å². The van der Waals surface area contributed by atoms with E-state index >= 15 is 0 Å². The molecule has 0 nitrogen and oxygen atoms in total. The highest BCUT2D eigenvalue weighted by Crippen LogP contribution is 2.35. The largest absolute Gasteiger partial charge is 0.0850 e. The Morgan fingerprint density at radius 3 is 2.54 bits per heavy atom. The van der Waals surface area contributed by atoms with Crippen molar-refractivity contribution in [3.63, 3.8) is 0 Å². The van der Waals surface area contributed by atoms with Crippen LogP contribution in [0.2, 0.25) is 0 Å². The minimum absolute atomic E-state index is 0.696. The van der Waals surface area contributed by atoms with E-state index in [0.717, 1.165) is 0 Å². The van der Waals surface area contributed by atoms with Gasteiger partial charge in [-0.2, -0.15) is 0 Å². The Morgan fingerprint density at radius 2 is 1.92 bits per heavy atom. The minimum Gasteiger partial charge on any atom is -0.0850 e. The zero-order chi connectivity index (χ0) is 9.26. The van der Waals surface area contributed by atoms with Crippen molar-refractivity contribution in [3.05, 3.63) is 47.0 Å². The molecule has 0 fully saturated rings. The van der Waals surface area contributed by atoms with Crippen LogP contribution in [0.4, 0.5) is 0 Å². The molecule has 1 atom stereocenters. The van der Waals surface area contributed by atoms with Gasteiger partial charge in [-0.15, -0.1) is 0 Å². The maximum absolute atomic E-state index is 2.37. The van der Waals surface area contributed by atoms with Crippen molar-refractivity contribution in [1.29, 1.82) is 0 Å². The first-order valence-corrected chi connectivity index (χ1v) is 5.01. The Hall–Kier alpha value is -1.04. The van der Waals surface area contributed by atoms with Crippen LogP contribution in [-0.2, 0) is 0 Å². The molecule has 0 aromatic heterocycles. The van der Waals surface area contributed by atoms with Crippen molar-refractivity contribution >= 4 is 0 Å². The van der Waals surface area contributed by atoms with Gasteiger partial charge >= 0.3 is 0 Å². The molecule has 68 valence electrons. The van der Waals surface area contributed by atoms with Crippen molar-refractivity contribution < 1.29 is 0 Å². The zero-order valence-electron chi connectivity index (χ0n) is 8.38. The topological polar surface area (TPSA) is 0 Å². The number of rotatable bonds is 1. The summed E-state index contributed by atoms with van der Waals surface area (Å²) >= 11 is 0. The van der Waals surface area contributed by atoms with E-state index in [1.807, 2.05) is 0 Å². The molecule has 0 saturated carbocycles. The summed E-state index contributed by atoms with van der Waals surface area (Å²) < 4.78 is 0. The first kappa shape index (κ1) is 8.55. The van der Waals surface area contributed by atoms with E-state index in [9.17, 15) is 0 Å². The van der Waals surface area contributed by atoms with Crippen molar-refractivity contribution in [2.75, 3.05) is 0 Å². The summed E-state index contributed by atoms with van der Waals surface area (Å²) in [5.74, 6) is 0.696. The Bertz CT molecular complexity index is 334. The van der Waals surface area contributed by atoms with Crippen LogP contribution in [-0.4, -0.2) is 0 Å². The van der Waals surface area contributed by atoms with Crippen LogP contribution in [0.25, 0.3) is 0 Å². The van der Waals surface area contributed by atoms with Gasteiger partial charge in [0.1, 0.15) is 0 Å². The molecule has 0 bridgehead atoms. The first-order chi connectivity index (χ1) is 6.29. The van der Waals surface area contributed by atoms with Crippen molar-refractivity contribution in [3.8, 4) is 0 Å². The van der Waals surface area contributed by atoms with Crippen LogP contribution < -0.4 is 0 Å². The van der Waals surface area contributed by atoms with Gasteiger partial charge in [-0.1, -0.05) is 35.9 Å². The molecule has 0 saturated heterocycles. The van der Waals surface area contributed by atoms with Gasteiger partial charge in [0.15, 0.2) is 0 Å². The van der Waals surface area contributed by atoms with Crippen molar-refractivity contribution in [1.82, 2.24) is 0 Å². The highest BCUT2D eigenvalue weighted by atomic mass is 14.2. The number of hydrogen-bond acceptors (Lipinski definition) is 0. The van der Waals surface area contributed by atoms with E-state index in [2.05, 4.69) is 44.2 Å². The maximum Gasteiger partial charge on any atom is 0.00509 e. The molecule has 0 amide bonds. The average Bonchev–Trinajstić information content (AvgIpc) is 2.52. The van der Waals surface area contributed by atoms with E-state index < -0.39 is 0 Å². The van der Waals surface area contributed by atoms with E-state index in [-0.39, 0.29) is 0 Å². The molecular formula is C13H16. The van der Waals surface area contributed by atoms with Gasteiger partial charge in [-0.3, -0.25) is 0 Å². The Balaban J connectivity index is 2.36. The van der Waals surface area contributed by atoms with Crippen LogP contribution in [0.5, 0.6) is 0 Å². The summed E-state index contributed by atoms with van der Waals surface area (Å²) in [6.07, 6.45) is 4.93. The lowest BCUT2D eigenvalue weighted by Crippen LogP contribution is -1.97. The lowest BCUT2D eigenvalue weighted by Gasteiger charge is -2.14. The van der Waals surface area contributed by atoms with Gasteiger partial charge in [-0.05, 0) is 37.8 Å². The molecule has 13 heavy (non-hydrogen) atoms. The van der Waals surface area contributed by atoms with Gasteiger partial charge in [0.25, 0.3) is 0 Å². The monoisotopic (exact) mass is 172 g/mol. The van der Waals surface area contributed by atoms with E-state index in [1.165, 1.54) is 24.0 Å². The maximum atomic E-state index is 2.37. The molecule has 0 spiro atoms. The molecule has 0 N–H and O–H groups in total. The van der Waals surface area contributed by atoms with E-state index in [1.54, 1.807) is 5.57 Å². The number of aryl methyl sites for hydroxylation is 1. The standard InChI is InChI=1S/C13H16/c1-10-6-3-4-8-12(10)13-9-5-7-11(13)2/h3-4,6-8,13H,5,9H2,1-2H3/t13-/m0/s1. The molecule has 1 aliphatic carbocycles. The molecule has 0 radical (unpaired) electrons. The van der Waals surface area contributed by atoms with Gasteiger partial charge < -0.3 is 0 Å². The summed E-state index contributed by atoms with van der Waals surface area (Å²) in [4.78, 5) is 0. The Morgan fingerprint density at radius 1 is 1.15 bits per heavy atom. The minimum atomic E-state index is 0.696. The SMILES string of the molecule is CC1=CCC[C@@H]1c1ccccc1C. The molecule has 0 aliphatic heterocycles. The molecule has 1 aromatic rings. The highest BCUT2D eigenvalue weighted by molar-refractivity contribution is 5.36. The number of allylic oxidation sites excluding steroid dienone is 2. The average molecular weight is 172 g/mol. The van der Waals surface area contributed by atoms with Crippen LogP contribution in [0.1, 0.15) is 36.8 Å². The molecular weight excluding hydrogens is 156 g/mol. The molecule has 2 rings (SSSR count). The molecule has 1 aromatic carbocycles. The van der Waals surface area contributed by atoms with E-state index in [4.69, 9.17) is 0 Å². The third-order valence-electron chi connectivity index (χ3n) is 3.04. The third kappa shape index (κ3) is 1.53. The van der Waals surface area contributed by atoms with Crippen molar-refractivity contribution in [2.45, 2.75) is 32.6 Å². The number of benzene rings is 1. The summed E-state index contributed by atoms with van der Waals surface area (Å²) in [6.45, 7) is 4.46. The second-order valence-corrected chi connectivity index (χ2v) is 3.93. The molecule has 1 aliphatic rings. The Kier molecular flexibility index (Phi) is 2.22. The smallest absolute Gasteiger partial charge is 0.00509 e. The Labute approximate surface area is 80.3 Å². The zero-order valence-corrected chi connectivity index (χ0v) is 8.38. The summed E-state index contributed by atoms with van der Waals surface area (Å²) in [5, 5.41) is 0. The fourth-order valence-electron chi connectivity index (χ4n) is 2.23. The van der Waals surface area contributed by atoms with Crippen LogP contribution in [0, 0.1) is 6.92 Å². The number of hydrogen-bond donors (Lipinski definition) is 0. The highest BCUT2D eigenvalue weighted by Gasteiger charge is 2.18. The van der Waals surface area contributed by atoms with Crippen LogP contribution >= 0.6 is 0 Å². The predicted molar refractivity (Wildman–Crippen MR) is 56.9 cm³/mol. The van der Waals surface area contributed by atoms with Gasteiger partial charge in [0.2, 0.25) is 0 Å². The second kappa shape index (κ2) is 3.37. The molecule has 0 unspecified atom stereocenters.